The van der Waals surface area contributed by atoms with Gasteiger partial charge in [-0.3, -0.25) is 9.59 Å². The van der Waals surface area contributed by atoms with Crippen LogP contribution >= 0.6 is 0 Å². The number of hydrogen-bond donors (Lipinski definition) is 3. The number of nitrogens with zero attached hydrogens (tertiary/aromatic N) is 4. The van der Waals surface area contributed by atoms with Gasteiger partial charge in [0.05, 0.1) is 6.04 Å². The first-order chi connectivity index (χ1) is 21.7. The molecule has 46 heavy (non-hydrogen) atoms. The third-order valence-electron chi connectivity index (χ3n) is 9.38. The molecule has 0 unspecified atom stereocenters. The number of benzene rings is 1. The molecule has 1 aromatic heterocycles. The Morgan fingerprint density at radius 3 is 2.65 bits per heavy atom. The van der Waals surface area contributed by atoms with Gasteiger partial charge in [0.25, 0.3) is 0 Å². The van der Waals surface area contributed by atoms with Gasteiger partial charge < -0.3 is 25.4 Å². The lowest BCUT2D eigenvalue weighted by Gasteiger charge is -2.30. The van der Waals surface area contributed by atoms with E-state index in [4.69, 9.17) is 14.9 Å². The number of nitrogens with one attached hydrogen (secondary N) is 2. The Morgan fingerprint density at radius 2 is 1.96 bits per heavy atom. The highest BCUT2D eigenvalue weighted by Crippen LogP contribution is 2.45. The number of rotatable bonds is 5. The van der Waals surface area contributed by atoms with Crippen LogP contribution in [0.25, 0.3) is 11.0 Å². The first kappa shape index (κ1) is 33.2. The molecule has 12 heteroatoms. The monoisotopic (exact) mass is 634 g/mol. The van der Waals surface area contributed by atoms with Crippen molar-refractivity contribution in [3.63, 3.8) is 0 Å². The summed E-state index contributed by atoms with van der Waals surface area (Å²) >= 11 is 0. The Kier molecular flexibility index (Phi) is 9.28. The van der Waals surface area contributed by atoms with Gasteiger partial charge in [0, 0.05) is 18.9 Å². The van der Waals surface area contributed by atoms with E-state index in [1.54, 1.807) is 25.6 Å². The molecular weight excluding hydrogens is 588 g/mol. The maximum atomic E-state index is 14.3. The van der Waals surface area contributed by atoms with Crippen LogP contribution in [0.5, 0.6) is 0 Å². The van der Waals surface area contributed by atoms with Crippen LogP contribution in [0.1, 0.15) is 88.4 Å². The fourth-order valence-electron chi connectivity index (χ4n) is 6.62. The van der Waals surface area contributed by atoms with Crippen molar-refractivity contribution in [3.05, 3.63) is 47.6 Å². The maximum Gasteiger partial charge on any atom is 0.408 e. The molecule has 2 fully saturated rings. The van der Waals surface area contributed by atoms with Gasteiger partial charge in [-0.2, -0.15) is 15.0 Å². The molecule has 5 rings (SSSR count). The average Bonchev–Trinajstić information content (AvgIpc) is 3.28. The number of ether oxygens (including phenoxy) is 1. The highest BCUT2D eigenvalue weighted by molar-refractivity contribution is 5.96. The zero-order valence-corrected chi connectivity index (χ0v) is 27.5. The highest BCUT2D eigenvalue weighted by Gasteiger charge is 2.61. The van der Waals surface area contributed by atoms with E-state index in [1.165, 1.54) is 4.90 Å². The lowest BCUT2D eigenvalue weighted by molar-refractivity contribution is -0.145. The van der Waals surface area contributed by atoms with Crippen LogP contribution < -0.4 is 10.6 Å². The minimum atomic E-state index is -1.41. The van der Waals surface area contributed by atoms with Gasteiger partial charge in [-0.1, -0.05) is 31.1 Å². The van der Waals surface area contributed by atoms with Crippen molar-refractivity contribution < 1.29 is 29.0 Å². The second-order valence-corrected chi connectivity index (χ2v) is 13.9. The molecule has 1 saturated carbocycles. The van der Waals surface area contributed by atoms with Crippen LogP contribution in [0.15, 0.2) is 30.9 Å². The van der Waals surface area contributed by atoms with Crippen molar-refractivity contribution in [2.24, 2.45) is 5.92 Å². The number of alkyl carbamates (subject to hydrolysis) is 1. The van der Waals surface area contributed by atoms with Gasteiger partial charge >= 0.3 is 12.1 Å². The molecule has 0 bridgehead atoms. The molecule has 1 aliphatic carbocycles. The van der Waals surface area contributed by atoms with Crippen molar-refractivity contribution in [2.45, 2.75) is 115 Å². The molecule has 1 aromatic carbocycles. The largest absolute Gasteiger partial charge is 0.479 e. The van der Waals surface area contributed by atoms with Crippen LogP contribution in [-0.4, -0.2) is 78.6 Å². The number of aliphatic carboxylic acids is 1. The number of amides is 3. The van der Waals surface area contributed by atoms with Crippen LogP contribution in [0.3, 0.4) is 0 Å². The summed E-state index contributed by atoms with van der Waals surface area (Å²) in [7, 11) is 0. The summed E-state index contributed by atoms with van der Waals surface area (Å²) in [5.74, 6) is -2.39. The van der Waals surface area contributed by atoms with E-state index in [-0.39, 0.29) is 25.3 Å². The standard InChI is InChI=1S/C34H46N6O6/c1-7-13-22-16-26-28(21(3)20(22)2)38-40(37-26)24-17-27-29(41)36-34(31(43)44)18-23(34)14-11-9-8-10-12-15-25(30(42)39(27)19-24)35-32(45)46-33(4,5)6/h7,11,14,16,23-25,27H,1,8-10,12-13,15,17-19H2,2-6H3,(H,35,45)(H,36,41)(H,43,44)/t23-,24+,25-,27+,34+/m1/s1. The fourth-order valence-corrected chi connectivity index (χ4v) is 6.62. The Balaban J connectivity index is 1.49. The molecule has 3 heterocycles. The average molecular weight is 635 g/mol. The number of carboxylic acid groups (broad SMARTS) is 1. The molecule has 3 aliphatic rings. The molecule has 0 spiro atoms. The normalized spacial score (nSPS) is 27.2. The van der Waals surface area contributed by atoms with E-state index < -0.39 is 53.1 Å². The van der Waals surface area contributed by atoms with E-state index in [9.17, 15) is 24.3 Å². The molecule has 2 aliphatic heterocycles. The summed E-state index contributed by atoms with van der Waals surface area (Å²) in [6.07, 6.45) is 9.62. The number of aromatic nitrogens is 3. The third kappa shape index (κ3) is 6.80. The lowest BCUT2D eigenvalue weighted by atomic mass is 9.99. The number of carboxylic acids is 1. The lowest BCUT2D eigenvalue weighted by Crippen LogP contribution is -2.56. The number of aryl methyl sites for hydroxylation is 1. The quantitative estimate of drug-likeness (QED) is 0.412. The van der Waals surface area contributed by atoms with Gasteiger partial charge in [0.15, 0.2) is 0 Å². The second-order valence-electron chi connectivity index (χ2n) is 13.9. The SMILES string of the molecule is C=CCc1cc2nn([C@H]3C[C@H]4C(=O)N[C@@]5(C(=O)O)C[C@H]5C=CCCCCC[C@@H](NC(=O)OC(C)(C)C)C(=O)N4C3)nc2c(C)c1C. The molecule has 0 radical (unpaired) electrons. The van der Waals surface area contributed by atoms with E-state index >= 15 is 0 Å². The summed E-state index contributed by atoms with van der Waals surface area (Å²) in [6, 6.07) is -0.373. The van der Waals surface area contributed by atoms with Crippen LogP contribution in [0, 0.1) is 19.8 Å². The number of carbonyl (C=O) groups is 4. The summed E-state index contributed by atoms with van der Waals surface area (Å²) in [5, 5.41) is 25.3. The molecular formula is C34H46N6O6. The Hall–Kier alpha value is -4.22. The molecule has 1 saturated heterocycles. The maximum absolute atomic E-state index is 14.3. The van der Waals surface area contributed by atoms with Gasteiger partial charge in [0.1, 0.15) is 34.3 Å². The molecule has 5 atom stereocenters. The number of carbonyl (C=O) groups excluding carboxylic acids is 3. The predicted octanol–water partition coefficient (Wildman–Crippen LogP) is 4.29. The molecule has 3 amide bonds. The minimum Gasteiger partial charge on any atom is -0.479 e. The van der Waals surface area contributed by atoms with Crippen molar-refractivity contribution in [1.82, 2.24) is 30.5 Å². The first-order valence-corrected chi connectivity index (χ1v) is 16.2. The van der Waals surface area contributed by atoms with E-state index in [2.05, 4.69) is 17.2 Å². The van der Waals surface area contributed by atoms with E-state index in [0.29, 0.717) is 24.8 Å². The number of fused-ring (bicyclic) bond motifs is 3. The number of hydrogen-bond acceptors (Lipinski definition) is 7. The summed E-state index contributed by atoms with van der Waals surface area (Å²) in [4.78, 5) is 56.5. The van der Waals surface area contributed by atoms with Crippen LogP contribution in [0.2, 0.25) is 0 Å². The van der Waals surface area contributed by atoms with Gasteiger partial charge in [-0.25, -0.2) is 9.59 Å². The van der Waals surface area contributed by atoms with Crippen molar-refractivity contribution in [3.8, 4) is 0 Å². The third-order valence-corrected chi connectivity index (χ3v) is 9.38. The van der Waals surface area contributed by atoms with Crippen LogP contribution in [-0.2, 0) is 25.5 Å². The fraction of sp³-hybridized carbons (Fsp3) is 0.588. The van der Waals surface area contributed by atoms with Gasteiger partial charge in [-0.15, -0.1) is 6.58 Å². The van der Waals surface area contributed by atoms with Crippen LogP contribution in [0.4, 0.5) is 4.79 Å². The molecule has 2 aromatic rings. The summed E-state index contributed by atoms with van der Waals surface area (Å²) in [5.41, 5.74) is 2.49. The second kappa shape index (κ2) is 12.9. The Labute approximate surface area is 269 Å². The molecule has 248 valence electrons. The molecule has 12 nitrogen and oxygen atoms in total. The van der Waals surface area contributed by atoms with Crippen molar-refractivity contribution in [1.29, 1.82) is 0 Å². The predicted molar refractivity (Wildman–Crippen MR) is 172 cm³/mol. The van der Waals surface area contributed by atoms with Gasteiger partial charge in [-0.05, 0) is 89.5 Å². The van der Waals surface area contributed by atoms with Crippen molar-refractivity contribution >= 4 is 34.9 Å². The van der Waals surface area contributed by atoms with Crippen molar-refractivity contribution in [2.75, 3.05) is 6.54 Å². The van der Waals surface area contributed by atoms with E-state index in [1.807, 2.05) is 38.1 Å². The first-order valence-electron chi connectivity index (χ1n) is 16.2. The zero-order valence-electron chi connectivity index (χ0n) is 27.5. The van der Waals surface area contributed by atoms with Gasteiger partial charge in [0.2, 0.25) is 11.8 Å². The summed E-state index contributed by atoms with van der Waals surface area (Å²) in [6.45, 7) is 13.3. The van der Waals surface area contributed by atoms with E-state index in [0.717, 1.165) is 41.5 Å². The zero-order chi connectivity index (χ0) is 33.4. The molecule has 3 N–H and O–H groups in total. The topological polar surface area (TPSA) is 156 Å². The Bertz CT molecular complexity index is 1570. The highest BCUT2D eigenvalue weighted by atomic mass is 16.6. The summed E-state index contributed by atoms with van der Waals surface area (Å²) < 4.78 is 5.47. The minimum absolute atomic E-state index is 0.116. The number of allylic oxidation sites excluding steroid dienone is 2. The smallest absolute Gasteiger partial charge is 0.408 e. The Morgan fingerprint density at radius 1 is 1.20 bits per heavy atom.